The molecule has 0 radical (unpaired) electrons. The number of aliphatic hydroxyl groups excluding tert-OH is 2. The highest BCUT2D eigenvalue weighted by Gasteiger charge is 2.23. The van der Waals surface area contributed by atoms with Gasteiger partial charge in [0.1, 0.15) is 5.82 Å². The summed E-state index contributed by atoms with van der Waals surface area (Å²) >= 11 is 0. The van der Waals surface area contributed by atoms with E-state index in [2.05, 4.69) is 23.2 Å². The number of hydrogen-bond acceptors (Lipinski definition) is 4. The van der Waals surface area contributed by atoms with E-state index in [9.17, 15) is 19.4 Å². The van der Waals surface area contributed by atoms with Crippen LogP contribution in [0, 0.1) is 12.7 Å². The minimum absolute atomic E-state index is 0.00681. The number of methoxy groups -OCH3 is 1. The molecule has 5 nitrogen and oxygen atoms in total. The number of hydrogen-bond donors (Lipinski definition) is 2. The molecule has 3 rings (SSSR count). The van der Waals surface area contributed by atoms with Crippen molar-refractivity contribution in [2.24, 2.45) is 0 Å². The van der Waals surface area contributed by atoms with E-state index in [1.54, 1.807) is 18.2 Å². The highest BCUT2D eigenvalue weighted by molar-refractivity contribution is 5.81. The van der Waals surface area contributed by atoms with Crippen LogP contribution < -0.4 is 0 Å². The van der Waals surface area contributed by atoms with Crippen molar-refractivity contribution < 1.29 is 24.1 Å². The van der Waals surface area contributed by atoms with Gasteiger partial charge in [0.05, 0.1) is 25.7 Å². The van der Waals surface area contributed by atoms with Crippen LogP contribution in [0.5, 0.6) is 0 Å². The molecular weight excluding hydrogens is 433 g/mol. The molecule has 0 amide bonds. The summed E-state index contributed by atoms with van der Waals surface area (Å²) in [5.41, 5.74) is 5.81. The summed E-state index contributed by atoms with van der Waals surface area (Å²) < 4.78 is 20.4. The van der Waals surface area contributed by atoms with Crippen molar-refractivity contribution in [1.29, 1.82) is 0 Å². The van der Waals surface area contributed by atoms with Gasteiger partial charge in [-0.15, -0.1) is 0 Å². The van der Waals surface area contributed by atoms with Crippen LogP contribution in [0.1, 0.15) is 49.6 Å². The van der Waals surface area contributed by atoms with Crippen molar-refractivity contribution >= 4 is 12.0 Å². The predicted molar refractivity (Wildman–Crippen MR) is 132 cm³/mol. The number of nitrogens with zero attached hydrogens (tertiary/aromatic N) is 1. The number of carbonyl (C=O) groups excluding carboxylic acids is 1. The number of rotatable bonds is 9. The topological polar surface area (TPSA) is 71.7 Å². The fourth-order valence-corrected chi connectivity index (χ4v) is 4.29. The van der Waals surface area contributed by atoms with Gasteiger partial charge in [-0.1, -0.05) is 56.3 Å². The summed E-state index contributed by atoms with van der Waals surface area (Å²) in [5.74, 6) is -0.685. The highest BCUT2D eigenvalue weighted by atomic mass is 19.1. The Balaban J connectivity index is 2.09. The minimum atomic E-state index is -1.01. The average Bonchev–Trinajstić information content (AvgIpc) is 3.10. The van der Waals surface area contributed by atoms with Crippen molar-refractivity contribution in [3.05, 3.63) is 83.4 Å². The zero-order chi connectivity index (χ0) is 24.8. The highest BCUT2D eigenvalue weighted by Crippen LogP contribution is 2.39. The number of benzene rings is 2. The van der Waals surface area contributed by atoms with Crippen molar-refractivity contribution in [3.63, 3.8) is 0 Å². The molecule has 2 atom stereocenters. The normalized spacial score (nSPS) is 13.4. The number of ether oxygens (including phenoxy) is 1. The maximum atomic E-state index is 13.7. The first-order chi connectivity index (χ1) is 16.2. The first kappa shape index (κ1) is 25.4. The first-order valence-corrected chi connectivity index (χ1v) is 11.4. The molecule has 0 saturated carbocycles. The van der Waals surface area contributed by atoms with Crippen LogP contribution in [0.15, 0.2) is 60.7 Å². The zero-order valence-corrected chi connectivity index (χ0v) is 20.0. The molecule has 34 heavy (non-hydrogen) atoms. The van der Waals surface area contributed by atoms with Gasteiger partial charge in [0.25, 0.3) is 0 Å². The second-order valence-electron chi connectivity index (χ2n) is 8.69. The van der Waals surface area contributed by atoms with Crippen molar-refractivity contribution in [1.82, 2.24) is 4.57 Å². The van der Waals surface area contributed by atoms with Gasteiger partial charge in [-0.2, -0.15) is 0 Å². The molecule has 1 aromatic heterocycles. The second-order valence-corrected chi connectivity index (χ2v) is 8.69. The SMILES string of the molecule is COC(=O)CC(O)CC(O)/C=C/c1c(-c2ccc(F)cc2)c(C)n(-c2ccccc2)c1C(C)C. The summed E-state index contributed by atoms with van der Waals surface area (Å²) in [6, 6.07) is 16.4. The molecule has 0 bridgehead atoms. The molecule has 0 aliphatic rings. The molecular formula is C28H32FNO4. The lowest BCUT2D eigenvalue weighted by molar-refractivity contribution is -0.143. The Kier molecular flexibility index (Phi) is 8.42. The number of halogens is 1. The van der Waals surface area contributed by atoms with Crippen molar-refractivity contribution in [2.45, 2.75) is 51.7 Å². The third-order valence-electron chi connectivity index (χ3n) is 5.81. The lowest BCUT2D eigenvalue weighted by atomic mass is 9.96. The lowest BCUT2D eigenvalue weighted by Crippen LogP contribution is -2.20. The summed E-state index contributed by atoms with van der Waals surface area (Å²) in [7, 11) is 1.26. The zero-order valence-electron chi connectivity index (χ0n) is 20.0. The van der Waals surface area contributed by atoms with Gasteiger partial charge in [0.15, 0.2) is 0 Å². The molecule has 0 fully saturated rings. The molecule has 2 aromatic carbocycles. The lowest BCUT2D eigenvalue weighted by Gasteiger charge is -2.15. The molecule has 0 aliphatic carbocycles. The maximum Gasteiger partial charge on any atom is 0.308 e. The Morgan fingerprint density at radius 1 is 1.09 bits per heavy atom. The van der Waals surface area contributed by atoms with Gasteiger partial charge >= 0.3 is 5.97 Å². The third-order valence-corrected chi connectivity index (χ3v) is 5.81. The fraction of sp³-hybridized carbons (Fsp3) is 0.321. The Morgan fingerprint density at radius 3 is 2.32 bits per heavy atom. The van der Waals surface area contributed by atoms with E-state index in [0.717, 1.165) is 33.8 Å². The number of esters is 1. The third kappa shape index (κ3) is 5.82. The van der Waals surface area contributed by atoms with Crippen LogP contribution in [0.25, 0.3) is 22.9 Å². The number of aliphatic hydroxyl groups is 2. The van der Waals surface area contributed by atoms with E-state index >= 15 is 0 Å². The smallest absolute Gasteiger partial charge is 0.308 e. The summed E-state index contributed by atoms with van der Waals surface area (Å²) in [6.45, 7) is 6.25. The maximum absolute atomic E-state index is 13.7. The van der Waals surface area contributed by atoms with E-state index in [1.165, 1.54) is 19.2 Å². The summed E-state index contributed by atoms with van der Waals surface area (Å²) in [6.07, 6.45) is 1.35. The van der Waals surface area contributed by atoms with Gasteiger partial charge < -0.3 is 19.5 Å². The van der Waals surface area contributed by atoms with Gasteiger partial charge in [0.2, 0.25) is 0 Å². The van der Waals surface area contributed by atoms with Crippen molar-refractivity contribution in [2.75, 3.05) is 7.11 Å². The Bertz CT molecular complexity index is 1130. The molecule has 180 valence electrons. The molecule has 3 aromatic rings. The molecule has 0 saturated heterocycles. The second kappa shape index (κ2) is 11.3. The van der Waals surface area contributed by atoms with Crippen LogP contribution in [0.2, 0.25) is 0 Å². The van der Waals surface area contributed by atoms with E-state index < -0.39 is 18.2 Å². The summed E-state index contributed by atoms with van der Waals surface area (Å²) in [4.78, 5) is 11.4. The first-order valence-electron chi connectivity index (χ1n) is 11.4. The fourth-order valence-electron chi connectivity index (χ4n) is 4.29. The molecule has 0 aliphatic heterocycles. The number of aromatic nitrogens is 1. The van der Waals surface area contributed by atoms with E-state index in [4.69, 9.17) is 0 Å². The standard InChI is InChI=1S/C28H32FNO4/c1-18(2)28-25(15-14-23(31)16-24(32)17-26(33)34-4)27(20-10-12-21(29)13-11-20)19(3)30(28)22-8-6-5-7-9-22/h5-15,18,23-24,31-32H,16-17H2,1-4H3/b15-14+. The van der Waals surface area contributed by atoms with Crippen molar-refractivity contribution in [3.8, 4) is 16.8 Å². The minimum Gasteiger partial charge on any atom is -0.469 e. The van der Waals surface area contributed by atoms with E-state index in [1.807, 2.05) is 43.3 Å². The number of para-hydroxylation sites is 1. The monoisotopic (exact) mass is 465 g/mol. The molecule has 6 heteroatoms. The van der Waals surface area contributed by atoms with Crippen LogP contribution in [0.3, 0.4) is 0 Å². The Morgan fingerprint density at radius 2 is 1.74 bits per heavy atom. The molecule has 0 spiro atoms. The quantitative estimate of drug-likeness (QED) is 0.415. The van der Waals surface area contributed by atoms with Gasteiger partial charge in [-0.05, 0) is 42.7 Å². The van der Waals surface area contributed by atoms with E-state index in [0.29, 0.717) is 0 Å². The van der Waals surface area contributed by atoms with Gasteiger partial charge in [-0.3, -0.25) is 4.79 Å². The van der Waals surface area contributed by atoms with E-state index in [-0.39, 0.29) is 24.6 Å². The molecule has 2 N–H and O–H groups in total. The summed E-state index contributed by atoms with van der Waals surface area (Å²) in [5, 5.41) is 20.6. The molecule has 1 heterocycles. The number of carbonyl (C=O) groups is 1. The largest absolute Gasteiger partial charge is 0.469 e. The Hall–Kier alpha value is -3.22. The van der Waals surface area contributed by atoms with Crippen LogP contribution in [-0.4, -0.2) is 40.1 Å². The predicted octanol–water partition coefficient (Wildman–Crippen LogP) is 5.40. The average molecular weight is 466 g/mol. The van der Waals surface area contributed by atoms with Crippen LogP contribution >= 0.6 is 0 Å². The molecule has 2 unspecified atom stereocenters. The van der Waals surface area contributed by atoms with Gasteiger partial charge in [-0.25, -0.2) is 4.39 Å². The van der Waals surface area contributed by atoms with Crippen LogP contribution in [-0.2, 0) is 9.53 Å². The Labute approximate surface area is 200 Å². The van der Waals surface area contributed by atoms with Crippen LogP contribution in [0.4, 0.5) is 4.39 Å². The van der Waals surface area contributed by atoms with Gasteiger partial charge in [0, 0.05) is 34.6 Å².